The third-order valence-electron chi connectivity index (χ3n) is 3.10. The Labute approximate surface area is 118 Å². The number of ether oxygens (including phenoxy) is 1. The Bertz CT molecular complexity index is 457. The molecule has 0 aromatic heterocycles. The maximum atomic E-state index is 11.8. The molecule has 2 amide bonds. The Kier molecular flexibility index (Phi) is 4.98. The zero-order valence-corrected chi connectivity index (χ0v) is 11.6. The second kappa shape index (κ2) is 6.93. The number of rotatable bonds is 7. The van der Waals surface area contributed by atoms with Crippen molar-refractivity contribution < 1.29 is 14.3 Å². The second-order valence-corrected chi connectivity index (χ2v) is 4.93. The summed E-state index contributed by atoms with van der Waals surface area (Å²) in [6.45, 7) is 2.57. The van der Waals surface area contributed by atoms with Gasteiger partial charge < -0.3 is 15.4 Å². The lowest BCUT2D eigenvalue weighted by molar-refractivity contribution is -0.127. The van der Waals surface area contributed by atoms with Crippen LogP contribution in [0.25, 0.3) is 0 Å². The Morgan fingerprint density at radius 2 is 1.85 bits per heavy atom. The molecule has 0 spiro atoms. The molecule has 1 aliphatic rings. The standard InChI is InChI=1S/C15H20N2O3/c1-11(20-13-5-3-2-4-6-13)14(18)16-9-10-17-15(19)12-7-8-12/h2-6,11-12H,7-10H2,1H3,(H,16,18)(H,17,19). The third kappa shape index (κ3) is 4.57. The quantitative estimate of drug-likeness (QED) is 0.733. The van der Waals surface area contributed by atoms with Crippen LogP contribution in [0.1, 0.15) is 19.8 Å². The number of hydrogen-bond donors (Lipinski definition) is 2. The first kappa shape index (κ1) is 14.4. The Morgan fingerprint density at radius 1 is 1.20 bits per heavy atom. The summed E-state index contributed by atoms with van der Waals surface area (Å²) in [5.74, 6) is 0.769. The SMILES string of the molecule is CC(Oc1ccccc1)C(=O)NCCNC(=O)C1CC1. The minimum absolute atomic E-state index is 0.0906. The first-order chi connectivity index (χ1) is 9.66. The molecule has 1 unspecified atom stereocenters. The monoisotopic (exact) mass is 276 g/mol. The van der Waals surface area contributed by atoms with Crippen LogP contribution in [0.3, 0.4) is 0 Å². The van der Waals surface area contributed by atoms with Crippen LogP contribution in [0.2, 0.25) is 0 Å². The van der Waals surface area contributed by atoms with Gasteiger partial charge in [-0.05, 0) is 31.9 Å². The molecular formula is C15H20N2O3. The topological polar surface area (TPSA) is 67.4 Å². The van der Waals surface area contributed by atoms with Gasteiger partial charge >= 0.3 is 0 Å². The minimum atomic E-state index is -0.559. The first-order valence-electron chi connectivity index (χ1n) is 6.94. The van der Waals surface area contributed by atoms with E-state index < -0.39 is 6.10 Å². The van der Waals surface area contributed by atoms with Crippen LogP contribution < -0.4 is 15.4 Å². The van der Waals surface area contributed by atoms with Gasteiger partial charge in [0, 0.05) is 19.0 Å². The summed E-state index contributed by atoms with van der Waals surface area (Å²) < 4.78 is 5.50. The molecule has 1 aliphatic carbocycles. The zero-order chi connectivity index (χ0) is 14.4. The molecule has 108 valence electrons. The van der Waals surface area contributed by atoms with E-state index in [-0.39, 0.29) is 17.7 Å². The van der Waals surface area contributed by atoms with E-state index in [0.29, 0.717) is 18.8 Å². The van der Waals surface area contributed by atoms with Crippen LogP contribution in [0, 0.1) is 5.92 Å². The van der Waals surface area contributed by atoms with E-state index in [9.17, 15) is 9.59 Å². The molecule has 5 nitrogen and oxygen atoms in total. The molecule has 20 heavy (non-hydrogen) atoms. The Hall–Kier alpha value is -2.04. The van der Waals surface area contributed by atoms with E-state index in [1.807, 2.05) is 18.2 Å². The molecule has 0 aliphatic heterocycles. The fourth-order valence-corrected chi connectivity index (χ4v) is 1.76. The van der Waals surface area contributed by atoms with Gasteiger partial charge in [-0.2, -0.15) is 0 Å². The summed E-state index contributed by atoms with van der Waals surface area (Å²) in [5.41, 5.74) is 0. The highest BCUT2D eigenvalue weighted by atomic mass is 16.5. The third-order valence-corrected chi connectivity index (χ3v) is 3.10. The van der Waals surface area contributed by atoms with Crippen molar-refractivity contribution in [3.05, 3.63) is 30.3 Å². The van der Waals surface area contributed by atoms with Gasteiger partial charge in [-0.15, -0.1) is 0 Å². The number of hydrogen-bond acceptors (Lipinski definition) is 3. The molecule has 1 aromatic rings. The molecule has 1 fully saturated rings. The summed E-state index contributed by atoms with van der Waals surface area (Å²) in [4.78, 5) is 23.2. The molecule has 0 saturated heterocycles. The van der Waals surface area contributed by atoms with Crippen molar-refractivity contribution in [1.29, 1.82) is 0 Å². The van der Waals surface area contributed by atoms with Crippen LogP contribution in [0.5, 0.6) is 5.75 Å². The maximum Gasteiger partial charge on any atom is 0.260 e. The van der Waals surface area contributed by atoms with E-state index in [4.69, 9.17) is 4.74 Å². The summed E-state index contributed by atoms with van der Waals surface area (Å²) in [5, 5.41) is 5.53. The summed E-state index contributed by atoms with van der Waals surface area (Å²) in [7, 11) is 0. The summed E-state index contributed by atoms with van der Waals surface area (Å²) >= 11 is 0. The molecular weight excluding hydrogens is 256 g/mol. The first-order valence-corrected chi connectivity index (χ1v) is 6.94. The van der Waals surface area contributed by atoms with Crippen LogP contribution in [-0.2, 0) is 9.59 Å². The van der Waals surface area contributed by atoms with Gasteiger partial charge in [0.05, 0.1) is 0 Å². The van der Waals surface area contributed by atoms with Gasteiger partial charge in [-0.1, -0.05) is 18.2 Å². The van der Waals surface area contributed by atoms with E-state index in [1.165, 1.54) is 0 Å². The van der Waals surface area contributed by atoms with Crippen molar-refractivity contribution in [3.63, 3.8) is 0 Å². The lowest BCUT2D eigenvalue weighted by atomic mass is 10.3. The smallest absolute Gasteiger partial charge is 0.260 e. The summed E-state index contributed by atoms with van der Waals surface area (Å²) in [6.07, 6.45) is 1.41. The molecule has 0 bridgehead atoms. The highest BCUT2D eigenvalue weighted by molar-refractivity contribution is 5.81. The normalized spacial score (nSPS) is 15.2. The second-order valence-electron chi connectivity index (χ2n) is 4.93. The largest absolute Gasteiger partial charge is 0.481 e. The Morgan fingerprint density at radius 3 is 2.50 bits per heavy atom. The molecule has 1 atom stereocenters. The fourth-order valence-electron chi connectivity index (χ4n) is 1.76. The lowest BCUT2D eigenvalue weighted by Gasteiger charge is -2.14. The molecule has 0 radical (unpaired) electrons. The number of carbonyl (C=O) groups excluding carboxylic acids is 2. The molecule has 1 saturated carbocycles. The van der Waals surface area contributed by atoms with Crippen molar-refractivity contribution in [2.45, 2.75) is 25.9 Å². The molecule has 2 N–H and O–H groups in total. The van der Waals surface area contributed by atoms with Crippen LogP contribution in [0.15, 0.2) is 30.3 Å². The van der Waals surface area contributed by atoms with Crippen LogP contribution in [-0.4, -0.2) is 31.0 Å². The number of carbonyl (C=O) groups is 2. The fraction of sp³-hybridized carbons (Fsp3) is 0.467. The van der Waals surface area contributed by atoms with Gasteiger partial charge in [-0.3, -0.25) is 9.59 Å². The van der Waals surface area contributed by atoms with Crippen molar-refractivity contribution >= 4 is 11.8 Å². The molecule has 1 aromatic carbocycles. The van der Waals surface area contributed by atoms with E-state index in [1.54, 1.807) is 19.1 Å². The summed E-state index contributed by atoms with van der Waals surface area (Å²) in [6, 6.07) is 9.21. The minimum Gasteiger partial charge on any atom is -0.481 e. The average molecular weight is 276 g/mol. The van der Waals surface area contributed by atoms with Crippen molar-refractivity contribution in [2.75, 3.05) is 13.1 Å². The number of amides is 2. The molecule has 0 heterocycles. The maximum absolute atomic E-state index is 11.8. The molecule has 2 rings (SSSR count). The Balaban J connectivity index is 1.62. The van der Waals surface area contributed by atoms with E-state index >= 15 is 0 Å². The number of benzene rings is 1. The van der Waals surface area contributed by atoms with E-state index in [2.05, 4.69) is 10.6 Å². The van der Waals surface area contributed by atoms with Crippen molar-refractivity contribution in [3.8, 4) is 5.75 Å². The van der Waals surface area contributed by atoms with Gasteiger partial charge in [0.2, 0.25) is 5.91 Å². The van der Waals surface area contributed by atoms with E-state index in [0.717, 1.165) is 12.8 Å². The highest BCUT2D eigenvalue weighted by Crippen LogP contribution is 2.28. The van der Waals surface area contributed by atoms with Crippen LogP contribution >= 0.6 is 0 Å². The van der Waals surface area contributed by atoms with Crippen molar-refractivity contribution in [2.24, 2.45) is 5.92 Å². The predicted octanol–water partition coefficient (Wildman–Crippen LogP) is 1.10. The predicted molar refractivity (Wildman–Crippen MR) is 75.3 cm³/mol. The lowest BCUT2D eigenvalue weighted by Crippen LogP contribution is -2.41. The van der Waals surface area contributed by atoms with Crippen LogP contribution in [0.4, 0.5) is 0 Å². The van der Waals surface area contributed by atoms with Gasteiger partial charge in [-0.25, -0.2) is 0 Å². The number of para-hydroxylation sites is 1. The van der Waals surface area contributed by atoms with Gasteiger partial charge in [0.1, 0.15) is 5.75 Å². The van der Waals surface area contributed by atoms with Gasteiger partial charge in [0.25, 0.3) is 5.91 Å². The van der Waals surface area contributed by atoms with Crippen molar-refractivity contribution in [1.82, 2.24) is 10.6 Å². The highest BCUT2D eigenvalue weighted by Gasteiger charge is 2.29. The molecule has 5 heteroatoms. The average Bonchev–Trinajstić information content (AvgIpc) is 3.28. The number of nitrogens with one attached hydrogen (secondary N) is 2. The van der Waals surface area contributed by atoms with Gasteiger partial charge in [0.15, 0.2) is 6.10 Å². The zero-order valence-electron chi connectivity index (χ0n) is 11.6.